The highest BCUT2D eigenvalue weighted by molar-refractivity contribution is 5.68. The Labute approximate surface area is 87.1 Å². The Bertz CT molecular complexity index is 401. The second kappa shape index (κ2) is 5.68. The van der Waals surface area contributed by atoms with Crippen LogP contribution >= 0.6 is 0 Å². The van der Waals surface area contributed by atoms with E-state index in [4.69, 9.17) is 14.9 Å². The van der Waals surface area contributed by atoms with Crippen LogP contribution in [0, 0.1) is 11.8 Å². The molecule has 0 aliphatic rings. The maximum absolute atomic E-state index is 10.3. The van der Waals surface area contributed by atoms with E-state index in [-0.39, 0.29) is 6.61 Å². The Morgan fingerprint density at radius 3 is 2.80 bits per heavy atom. The van der Waals surface area contributed by atoms with E-state index in [1.54, 1.807) is 24.3 Å². The van der Waals surface area contributed by atoms with Crippen molar-refractivity contribution in [1.82, 2.24) is 0 Å². The second-order valence-corrected chi connectivity index (χ2v) is 2.64. The summed E-state index contributed by atoms with van der Waals surface area (Å²) in [6, 6.07) is 6.81. The largest absolute Gasteiger partial charge is 0.481 e. The van der Waals surface area contributed by atoms with Gasteiger partial charge in [0.2, 0.25) is 0 Å². The lowest BCUT2D eigenvalue weighted by molar-refractivity contribution is -0.139. The summed E-state index contributed by atoms with van der Waals surface area (Å²) in [7, 11) is 0. The molecule has 0 heterocycles. The van der Waals surface area contributed by atoms with E-state index in [0.29, 0.717) is 11.3 Å². The maximum Gasteiger partial charge on any atom is 0.341 e. The van der Waals surface area contributed by atoms with Crippen LogP contribution in [0.2, 0.25) is 0 Å². The lowest BCUT2D eigenvalue weighted by Gasteiger charge is -2.04. The number of carboxylic acids is 1. The van der Waals surface area contributed by atoms with Crippen molar-refractivity contribution in [2.45, 2.75) is 0 Å². The van der Waals surface area contributed by atoms with Crippen LogP contribution in [-0.4, -0.2) is 29.4 Å². The highest BCUT2D eigenvalue weighted by Crippen LogP contribution is 2.16. The summed E-state index contributed by atoms with van der Waals surface area (Å²) < 4.78 is 5.01. The molecule has 4 heteroatoms. The average molecular weight is 206 g/mol. The number of aliphatic hydroxyl groups excluding tert-OH is 1. The third kappa shape index (κ3) is 3.71. The number of carbonyl (C=O) groups is 1. The fourth-order valence-electron chi connectivity index (χ4n) is 0.970. The second-order valence-electron chi connectivity index (χ2n) is 2.64. The Morgan fingerprint density at radius 2 is 2.13 bits per heavy atom. The summed E-state index contributed by atoms with van der Waals surface area (Å²) in [6.45, 7) is -0.648. The number of benzene rings is 1. The van der Waals surface area contributed by atoms with E-state index in [9.17, 15) is 4.79 Å². The minimum Gasteiger partial charge on any atom is -0.481 e. The number of carboxylic acid groups (broad SMARTS) is 1. The molecule has 1 rings (SSSR count). The first kappa shape index (κ1) is 11.1. The molecule has 0 fully saturated rings. The normalized spacial score (nSPS) is 8.87. The topological polar surface area (TPSA) is 66.8 Å². The fraction of sp³-hybridized carbons (Fsp3) is 0.182. The highest BCUT2D eigenvalue weighted by atomic mass is 16.5. The van der Waals surface area contributed by atoms with Gasteiger partial charge in [0.25, 0.3) is 0 Å². The van der Waals surface area contributed by atoms with Crippen molar-refractivity contribution in [2.24, 2.45) is 0 Å². The number of rotatable bonds is 3. The van der Waals surface area contributed by atoms with Gasteiger partial charge in [0.1, 0.15) is 12.4 Å². The van der Waals surface area contributed by atoms with Gasteiger partial charge in [0.15, 0.2) is 6.61 Å². The smallest absolute Gasteiger partial charge is 0.341 e. The molecule has 1 aromatic carbocycles. The molecule has 0 amide bonds. The Balaban J connectivity index is 2.81. The van der Waals surface area contributed by atoms with Gasteiger partial charge in [-0.1, -0.05) is 24.0 Å². The molecule has 1 aromatic rings. The van der Waals surface area contributed by atoms with E-state index < -0.39 is 12.6 Å². The van der Waals surface area contributed by atoms with Gasteiger partial charge in [-0.2, -0.15) is 0 Å². The molecule has 0 spiro atoms. The van der Waals surface area contributed by atoms with Gasteiger partial charge in [0.05, 0.1) is 5.56 Å². The predicted octanol–water partition coefficient (Wildman–Crippen LogP) is 0.494. The molecule has 15 heavy (non-hydrogen) atoms. The van der Waals surface area contributed by atoms with Crippen LogP contribution in [-0.2, 0) is 4.79 Å². The van der Waals surface area contributed by atoms with E-state index in [2.05, 4.69) is 11.8 Å². The molecule has 0 bridgehead atoms. The van der Waals surface area contributed by atoms with Crippen molar-refractivity contribution >= 4 is 5.97 Å². The zero-order chi connectivity index (χ0) is 11.1. The summed E-state index contributed by atoms with van der Waals surface area (Å²) in [5.41, 5.74) is 0.563. The quantitative estimate of drug-likeness (QED) is 0.706. The van der Waals surface area contributed by atoms with Crippen molar-refractivity contribution in [2.75, 3.05) is 13.2 Å². The number of aliphatic carboxylic acids is 1. The molecule has 78 valence electrons. The van der Waals surface area contributed by atoms with Gasteiger partial charge in [-0.05, 0) is 12.1 Å². The molecule has 0 aliphatic heterocycles. The minimum atomic E-state index is -1.04. The first-order valence-corrected chi connectivity index (χ1v) is 4.27. The summed E-state index contributed by atoms with van der Waals surface area (Å²) >= 11 is 0. The van der Waals surface area contributed by atoms with Crippen LogP contribution in [0.25, 0.3) is 0 Å². The van der Waals surface area contributed by atoms with Gasteiger partial charge >= 0.3 is 5.97 Å². The molecule has 0 unspecified atom stereocenters. The van der Waals surface area contributed by atoms with Crippen molar-refractivity contribution < 1.29 is 19.7 Å². The summed E-state index contributed by atoms with van der Waals surface area (Å²) in [6.07, 6.45) is 0. The predicted molar refractivity (Wildman–Crippen MR) is 53.5 cm³/mol. The van der Waals surface area contributed by atoms with Crippen LogP contribution < -0.4 is 4.74 Å². The van der Waals surface area contributed by atoms with E-state index in [0.717, 1.165) is 0 Å². The first-order valence-electron chi connectivity index (χ1n) is 4.27. The van der Waals surface area contributed by atoms with Gasteiger partial charge in [0, 0.05) is 0 Å². The van der Waals surface area contributed by atoms with Crippen molar-refractivity contribution in [3.63, 3.8) is 0 Å². The van der Waals surface area contributed by atoms with Crippen LogP contribution in [0.15, 0.2) is 24.3 Å². The van der Waals surface area contributed by atoms with Gasteiger partial charge in [-0.25, -0.2) is 4.79 Å². The van der Waals surface area contributed by atoms with Crippen LogP contribution in [0.1, 0.15) is 5.56 Å². The molecule has 0 radical (unpaired) electrons. The Morgan fingerprint density at radius 1 is 1.40 bits per heavy atom. The third-order valence-corrected chi connectivity index (χ3v) is 1.54. The zero-order valence-corrected chi connectivity index (χ0v) is 7.93. The average Bonchev–Trinajstić information content (AvgIpc) is 2.24. The lowest BCUT2D eigenvalue weighted by atomic mass is 10.2. The van der Waals surface area contributed by atoms with Gasteiger partial charge in [-0.3, -0.25) is 0 Å². The van der Waals surface area contributed by atoms with Crippen molar-refractivity contribution in [3.05, 3.63) is 29.8 Å². The van der Waals surface area contributed by atoms with Gasteiger partial charge < -0.3 is 14.9 Å². The van der Waals surface area contributed by atoms with E-state index >= 15 is 0 Å². The number of ether oxygens (including phenoxy) is 1. The molecule has 0 aromatic heterocycles. The molecule has 0 aliphatic carbocycles. The number of aliphatic hydroxyl groups is 1. The van der Waals surface area contributed by atoms with Crippen LogP contribution in [0.3, 0.4) is 0 Å². The number of hydrogen-bond acceptors (Lipinski definition) is 3. The molecule has 2 N–H and O–H groups in total. The minimum absolute atomic E-state index is 0.243. The summed E-state index contributed by atoms with van der Waals surface area (Å²) in [5.74, 6) is 4.50. The molecule has 0 saturated carbocycles. The Hall–Kier alpha value is -1.99. The summed E-state index contributed by atoms with van der Waals surface area (Å²) in [5, 5.41) is 17.0. The maximum atomic E-state index is 10.3. The van der Waals surface area contributed by atoms with Crippen molar-refractivity contribution in [3.8, 4) is 17.6 Å². The molecule has 0 atom stereocenters. The number of hydrogen-bond donors (Lipinski definition) is 2. The molecule has 4 nitrogen and oxygen atoms in total. The van der Waals surface area contributed by atoms with Crippen molar-refractivity contribution in [1.29, 1.82) is 0 Å². The Kier molecular flexibility index (Phi) is 4.20. The number of para-hydroxylation sites is 1. The monoisotopic (exact) mass is 206 g/mol. The molecule has 0 saturated heterocycles. The highest BCUT2D eigenvalue weighted by Gasteiger charge is 2.02. The first-order chi connectivity index (χ1) is 7.24. The molecular weight excluding hydrogens is 196 g/mol. The molecular formula is C11H10O4. The van der Waals surface area contributed by atoms with Crippen LogP contribution in [0.5, 0.6) is 5.75 Å². The van der Waals surface area contributed by atoms with Crippen LogP contribution in [0.4, 0.5) is 0 Å². The van der Waals surface area contributed by atoms with E-state index in [1.807, 2.05) is 0 Å². The SMILES string of the molecule is O=C(O)COc1ccccc1C#CCO. The lowest BCUT2D eigenvalue weighted by Crippen LogP contribution is -2.10. The van der Waals surface area contributed by atoms with Gasteiger partial charge in [-0.15, -0.1) is 0 Å². The zero-order valence-electron chi connectivity index (χ0n) is 7.93. The summed E-state index contributed by atoms with van der Waals surface area (Å²) in [4.78, 5) is 10.3. The van der Waals surface area contributed by atoms with E-state index in [1.165, 1.54) is 0 Å². The third-order valence-electron chi connectivity index (χ3n) is 1.54. The standard InChI is InChI=1S/C11H10O4/c12-7-3-5-9-4-1-2-6-10(9)15-8-11(13)14/h1-2,4,6,12H,7-8H2,(H,13,14). The fourth-order valence-corrected chi connectivity index (χ4v) is 0.970.